The third-order valence-electron chi connectivity index (χ3n) is 2.82. The van der Waals surface area contributed by atoms with Crippen molar-refractivity contribution in [2.24, 2.45) is 0 Å². The van der Waals surface area contributed by atoms with Crippen LogP contribution in [0.4, 0.5) is 0 Å². The molecular weight excluding hydrogens is 299 g/mol. The van der Waals surface area contributed by atoms with Crippen LogP contribution < -0.4 is 5.32 Å². The summed E-state index contributed by atoms with van der Waals surface area (Å²) in [6.45, 7) is 2.72. The van der Waals surface area contributed by atoms with Crippen molar-refractivity contribution in [3.8, 4) is 6.07 Å². The van der Waals surface area contributed by atoms with E-state index in [4.69, 9.17) is 28.5 Å². The van der Waals surface area contributed by atoms with Gasteiger partial charge < -0.3 is 5.32 Å². The Hall–Kier alpha value is -1.05. The van der Waals surface area contributed by atoms with Crippen molar-refractivity contribution >= 4 is 34.5 Å². The van der Waals surface area contributed by atoms with Crippen LogP contribution in [0.2, 0.25) is 8.67 Å². The van der Waals surface area contributed by atoms with E-state index in [1.165, 1.54) is 11.3 Å². The Bertz CT molecular complexity index is 616. The lowest BCUT2D eigenvalue weighted by Crippen LogP contribution is -2.17. The Morgan fingerprint density at radius 2 is 2.16 bits per heavy atom. The van der Waals surface area contributed by atoms with Gasteiger partial charge in [-0.25, -0.2) is 0 Å². The molecule has 5 heteroatoms. The molecule has 19 heavy (non-hydrogen) atoms. The largest absolute Gasteiger partial charge is 0.306 e. The summed E-state index contributed by atoms with van der Waals surface area (Å²) in [5.74, 6) is 0. The van der Waals surface area contributed by atoms with Gasteiger partial charge in [0.25, 0.3) is 0 Å². The van der Waals surface area contributed by atoms with Gasteiger partial charge in [0, 0.05) is 12.6 Å². The summed E-state index contributed by atoms with van der Waals surface area (Å²) in [6, 6.07) is 11.7. The van der Waals surface area contributed by atoms with Crippen molar-refractivity contribution in [3.63, 3.8) is 0 Å². The number of hydrogen-bond acceptors (Lipinski definition) is 3. The van der Waals surface area contributed by atoms with E-state index in [0.717, 1.165) is 15.5 Å². The lowest BCUT2D eigenvalue weighted by molar-refractivity contribution is 0.576. The number of hydrogen-bond donors (Lipinski definition) is 1. The molecule has 1 aromatic heterocycles. The molecule has 2 nitrogen and oxygen atoms in total. The zero-order chi connectivity index (χ0) is 13.8. The number of halogens is 2. The molecule has 0 amide bonds. The molecule has 0 aliphatic rings. The topological polar surface area (TPSA) is 35.8 Å². The molecule has 98 valence electrons. The molecule has 1 aromatic carbocycles. The molecule has 1 unspecified atom stereocenters. The maximum Gasteiger partial charge on any atom is 0.0991 e. The van der Waals surface area contributed by atoms with E-state index in [1.807, 2.05) is 31.2 Å². The number of benzene rings is 1. The lowest BCUT2D eigenvalue weighted by Gasteiger charge is -2.13. The first-order chi connectivity index (χ1) is 9.10. The average molecular weight is 311 g/mol. The van der Waals surface area contributed by atoms with Crippen molar-refractivity contribution in [1.82, 2.24) is 5.32 Å². The van der Waals surface area contributed by atoms with Gasteiger partial charge in [-0.15, -0.1) is 11.3 Å². The zero-order valence-corrected chi connectivity index (χ0v) is 12.6. The fourth-order valence-corrected chi connectivity index (χ4v) is 3.43. The minimum Gasteiger partial charge on any atom is -0.306 e. The van der Waals surface area contributed by atoms with Crippen molar-refractivity contribution < 1.29 is 0 Å². The van der Waals surface area contributed by atoms with Crippen molar-refractivity contribution in [2.75, 3.05) is 0 Å². The van der Waals surface area contributed by atoms with E-state index < -0.39 is 0 Å². The van der Waals surface area contributed by atoms with E-state index >= 15 is 0 Å². The van der Waals surface area contributed by atoms with Crippen LogP contribution in [0, 0.1) is 11.3 Å². The second kappa shape index (κ2) is 6.40. The third-order valence-corrected chi connectivity index (χ3v) is 4.34. The SMILES string of the molecule is CC(NCc1cccc(C#N)c1)c1cc(Cl)sc1Cl. The molecular formula is C14H12Cl2N2S. The van der Waals surface area contributed by atoms with E-state index in [1.54, 1.807) is 6.07 Å². The molecule has 0 spiro atoms. The molecule has 0 aliphatic heterocycles. The smallest absolute Gasteiger partial charge is 0.0991 e. The van der Waals surface area contributed by atoms with Crippen LogP contribution in [0.15, 0.2) is 30.3 Å². The van der Waals surface area contributed by atoms with Gasteiger partial charge in [-0.3, -0.25) is 0 Å². The Labute approximate surface area is 126 Å². The van der Waals surface area contributed by atoms with Crippen molar-refractivity contribution in [1.29, 1.82) is 5.26 Å². The highest BCUT2D eigenvalue weighted by Gasteiger charge is 2.12. The van der Waals surface area contributed by atoms with Crippen LogP contribution in [-0.4, -0.2) is 0 Å². The second-order valence-electron chi connectivity index (χ2n) is 4.19. The Morgan fingerprint density at radius 1 is 1.37 bits per heavy atom. The van der Waals surface area contributed by atoms with Crippen LogP contribution in [0.1, 0.15) is 29.7 Å². The minimum atomic E-state index is 0.113. The van der Waals surface area contributed by atoms with Crippen LogP contribution in [0.5, 0.6) is 0 Å². The molecule has 0 fully saturated rings. The highest BCUT2D eigenvalue weighted by molar-refractivity contribution is 7.20. The molecule has 2 aromatic rings. The summed E-state index contributed by atoms with van der Waals surface area (Å²) in [5.41, 5.74) is 2.75. The molecule has 0 saturated heterocycles. The van der Waals surface area contributed by atoms with Crippen LogP contribution in [0.3, 0.4) is 0 Å². The zero-order valence-electron chi connectivity index (χ0n) is 10.3. The van der Waals surface area contributed by atoms with Crippen LogP contribution >= 0.6 is 34.5 Å². The van der Waals surface area contributed by atoms with Gasteiger partial charge in [-0.2, -0.15) is 5.26 Å². The number of nitrogens with one attached hydrogen (secondary N) is 1. The van der Waals surface area contributed by atoms with E-state index in [9.17, 15) is 0 Å². The highest BCUT2D eigenvalue weighted by atomic mass is 35.5. The first-order valence-corrected chi connectivity index (χ1v) is 7.34. The van der Waals surface area contributed by atoms with Gasteiger partial charge in [0.15, 0.2) is 0 Å². The summed E-state index contributed by atoms with van der Waals surface area (Å²) in [5, 5.41) is 12.2. The summed E-state index contributed by atoms with van der Waals surface area (Å²) in [7, 11) is 0. The molecule has 2 rings (SSSR count). The summed E-state index contributed by atoms with van der Waals surface area (Å²) < 4.78 is 1.41. The van der Waals surface area contributed by atoms with E-state index in [2.05, 4.69) is 11.4 Å². The van der Waals surface area contributed by atoms with Crippen LogP contribution in [-0.2, 0) is 6.54 Å². The normalized spacial score (nSPS) is 12.1. The predicted molar refractivity (Wildman–Crippen MR) is 80.8 cm³/mol. The first kappa shape index (κ1) is 14.4. The van der Waals surface area contributed by atoms with Gasteiger partial charge in [0.2, 0.25) is 0 Å². The monoisotopic (exact) mass is 310 g/mol. The molecule has 1 atom stereocenters. The fraction of sp³-hybridized carbons (Fsp3) is 0.214. The maximum atomic E-state index is 8.86. The lowest BCUT2D eigenvalue weighted by atomic mass is 10.1. The number of nitriles is 1. The second-order valence-corrected chi connectivity index (χ2v) is 6.48. The molecule has 1 N–H and O–H groups in total. The quantitative estimate of drug-likeness (QED) is 0.882. The highest BCUT2D eigenvalue weighted by Crippen LogP contribution is 2.34. The van der Waals surface area contributed by atoms with Gasteiger partial charge in [0.1, 0.15) is 0 Å². The fourth-order valence-electron chi connectivity index (χ4n) is 1.78. The maximum absolute atomic E-state index is 8.86. The minimum absolute atomic E-state index is 0.113. The number of thiophene rings is 1. The predicted octanol–water partition coefficient (Wildman–Crippen LogP) is 4.78. The molecule has 0 radical (unpaired) electrons. The number of nitrogens with zero attached hydrogens (tertiary/aromatic N) is 1. The van der Waals surface area contributed by atoms with Crippen molar-refractivity contribution in [2.45, 2.75) is 19.5 Å². The standard InChI is InChI=1S/C14H12Cl2N2S/c1-9(12-6-13(15)19-14(12)16)18-8-11-4-2-3-10(5-11)7-17/h2-6,9,18H,8H2,1H3. The van der Waals surface area contributed by atoms with E-state index in [-0.39, 0.29) is 6.04 Å². The summed E-state index contributed by atoms with van der Waals surface area (Å²) in [6.07, 6.45) is 0. The molecule has 0 bridgehead atoms. The van der Waals surface area contributed by atoms with Gasteiger partial charge in [-0.05, 0) is 36.2 Å². The summed E-state index contributed by atoms with van der Waals surface area (Å²) >= 11 is 13.4. The molecule has 1 heterocycles. The third kappa shape index (κ3) is 3.71. The number of rotatable bonds is 4. The van der Waals surface area contributed by atoms with Gasteiger partial charge in [-0.1, -0.05) is 35.3 Å². The summed E-state index contributed by atoms with van der Waals surface area (Å²) in [4.78, 5) is 0. The van der Waals surface area contributed by atoms with Crippen molar-refractivity contribution in [3.05, 3.63) is 55.7 Å². The Balaban J connectivity index is 2.02. The van der Waals surface area contributed by atoms with Gasteiger partial charge in [0.05, 0.1) is 20.3 Å². The average Bonchev–Trinajstić information content (AvgIpc) is 2.75. The molecule has 0 saturated carbocycles. The van der Waals surface area contributed by atoms with Gasteiger partial charge >= 0.3 is 0 Å². The Kier molecular flexibility index (Phi) is 4.84. The van der Waals surface area contributed by atoms with Crippen LogP contribution in [0.25, 0.3) is 0 Å². The van der Waals surface area contributed by atoms with E-state index in [0.29, 0.717) is 16.4 Å². The molecule has 0 aliphatic carbocycles. The first-order valence-electron chi connectivity index (χ1n) is 5.77. The Morgan fingerprint density at radius 3 is 2.79 bits per heavy atom.